The predicted molar refractivity (Wildman–Crippen MR) is 141 cm³/mol. The molecule has 33 heavy (non-hydrogen) atoms. The van der Waals surface area contributed by atoms with E-state index in [1.54, 1.807) is 5.56 Å². The van der Waals surface area contributed by atoms with Gasteiger partial charge in [0.05, 0.1) is 0 Å². The van der Waals surface area contributed by atoms with E-state index >= 15 is 0 Å². The monoisotopic (exact) mass is 512 g/mol. The molecule has 1 unspecified atom stereocenters. The minimum absolute atomic E-state index is 0.278. The number of benzene rings is 4. The third kappa shape index (κ3) is 3.94. The first-order valence-corrected chi connectivity index (χ1v) is 16.1. The van der Waals surface area contributed by atoms with Crippen LogP contribution in [0.25, 0.3) is 0 Å². The summed E-state index contributed by atoms with van der Waals surface area (Å²) in [5.74, 6) is 1.15. The van der Waals surface area contributed by atoms with Crippen LogP contribution in [0.1, 0.15) is 17.0 Å². The van der Waals surface area contributed by atoms with Gasteiger partial charge in [0, 0.05) is 0 Å². The molecule has 4 aromatic carbocycles. The molecule has 1 nitrogen and oxygen atoms in total. The molecule has 164 valence electrons. The minimum atomic E-state index is -2.35. The molecule has 0 spiro atoms. The zero-order chi connectivity index (χ0) is 22.1. The van der Waals surface area contributed by atoms with E-state index in [-0.39, 0.29) is 6.10 Å². The van der Waals surface area contributed by atoms with Gasteiger partial charge < -0.3 is 0 Å². The van der Waals surface area contributed by atoms with E-state index in [1.165, 1.54) is 25.7 Å². The first-order valence-electron chi connectivity index (χ1n) is 11.9. The van der Waals surface area contributed by atoms with E-state index in [1.807, 2.05) is 0 Å². The summed E-state index contributed by atoms with van der Waals surface area (Å²) in [6, 6.07) is 43.7. The fraction of sp³-hybridized carbons (Fsp3) is 0.200. The van der Waals surface area contributed by atoms with Gasteiger partial charge in [0.25, 0.3) is 0 Å². The van der Waals surface area contributed by atoms with Crippen LogP contribution in [-0.4, -0.2) is 29.4 Å². The fourth-order valence-electron chi connectivity index (χ4n) is 5.90. The summed E-state index contributed by atoms with van der Waals surface area (Å²) in [6.07, 6.45) is 1.32. The molecule has 0 aromatic heterocycles. The average molecular weight is 512 g/mol. The molecule has 4 aromatic rings. The number of rotatable bonds is 5. The quantitative estimate of drug-likeness (QED) is 0.358. The number of hydrogen-bond acceptors (Lipinski definition) is 1. The summed E-state index contributed by atoms with van der Waals surface area (Å²) in [5.41, 5.74) is 3.04. The zero-order valence-corrected chi connectivity index (χ0v) is 21.4. The molecule has 1 aliphatic heterocycles. The molecule has 3 heteroatoms. The zero-order valence-electron chi connectivity index (χ0n) is 18.6. The van der Waals surface area contributed by atoms with Gasteiger partial charge in [-0.15, -0.1) is 0 Å². The summed E-state index contributed by atoms with van der Waals surface area (Å²) in [6.45, 7) is 0. The Labute approximate surface area is 204 Å². The first-order chi connectivity index (χ1) is 16.3. The van der Waals surface area contributed by atoms with Crippen LogP contribution in [0.5, 0.6) is 0 Å². The van der Waals surface area contributed by atoms with E-state index in [9.17, 15) is 0 Å². The van der Waals surface area contributed by atoms with Crippen molar-refractivity contribution in [1.29, 1.82) is 0 Å². The van der Waals surface area contributed by atoms with Gasteiger partial charge in [-0.1, -0.05) is 0 Å². The topological polar surface area (TPSA) is 9.23 Å². The second-order valence-electron chi connectivity index (χ2n) is 9.23. The molecule has 1 heterocycles. The maximum atomic E-state index is 7.38. The molecule has 0 saturated carbocycles. The molecule has 3 atom stereocenters. The molecular weight excluding hydrogens is 483 g/mol. The van der Waals surface area contributed by atoms with Crippen molar-refractivity contribution in [2.75, 3.05) is 0 Å². The molecule has 0 radical (unpaired) electrons. The van der Waals surface area contributed by atoms with Crippen molar-refractivity contribution in [3.8, 4) is 0 Å². The fourth-order valence-corrected chi connectivity index (χ4v) is 13.2. The van der Waals surface area contributed by atoms with Gasteiger partial charge in [-0.2, -0.15) is 0 Å². The molecule has 1 aliphatic carbocycles. The van der Waals surface area contributed by atoms with Crippen molar-refractivity contribution in [2.24, 2.45) is 5.92 Å². The van der Waals surface area contributed by atoms with Crippen LogP contribution in [0.15, 0.2) is 115 Å². The van der Waals surface area contributed by atoms with Crippen molar-refractivity contribution < 1.29 is 4.43 Å². The molecule has 0 N–H and O–H groups in total. The van der Waals surface area contributed by atoms with Crippen molar-refractivity contribution in [1.82, 2.24) is 0 Å². The van der Waals surface area contributed by atoms with Crippen molar-refractivity contribution in [3.63, 3.8) is 0 Å². The van der Waals surface area contributed by atoms with E-state index in [0.29, 0.717) is 26.8 Å². The second kappa shape index (κ2) is 9.08. The molecule has 2 aliphatic rings. The Kier molecular flexibility index (Phi) is 5.81. The standard InChI is InChI=1S/C30H28OSeSi/c1-4-13-25(14-5-1)32-21-24-22-33(26-15-6-2-7-16-26,27-17-8-3-9-18-27)31-29-20-23-12-10-11-19-28(23)30(24)29/h1-19,24,29-30H,20-22H2/t24?,29-,30+/m0/s1. The second-order valence-corrected chi connectivity index (χ2v) is 15.0. The van der Waals surface area contributed by atoms with E-state index < -0.39 is 8.32 Å². The Balaban J connectivity index is 1.44. The SMILES string of the molecule is c1ccc([Se]CC2C[Si](c3ccccc3)(c3ccccc3)O[C@H]3Cc4ccccc4[C@@H]23)cc1. The van der Waals surface area contributed by atoms with Crippen LogP contribution in [-0.2, 0) is 10.8 Å². The van der Waals surface area contributed by atoms with Crippen LogP contribution < -0.4 is 14.8 Å². The molecule has 1 fully saturated rings. The Morgan fingerprint density at radius 3 is 1.94 bits per heavy atom. The Hall–Kier alpha value is -2.42. The van der Waals surface area contributed by atoms with Crippen LogP contribution in [0.3, 0.4) is 0 Å². The Morgan fingerprint density at radius 2 is 1.27 bits per heavy atom. The average Bonchev–Trinajstić information content (AvgIpc) is 3.27. The van der Waals surface area contributed by atoms with Crippen LogP contribution in [0, 0.1) is 5.92 Å². The number of fused-ring (bicyclic) bond motifs is 3. The third-order valence-electron chi connectivity index (χ3n) is 7.33. The van der Waals surface area contributed by atoms with Gasteiger partial charge in [-0.05, 0) is 0 Å². The number of hydrogen-bond donors (Lipinski definition) is 0. The molecule has 6 rings (SSSR count). The molecular formula is C30H28OSeSi. The van der Waals surface area contributed by atoms with Crippen molar-refractivity contribution in [2.45, 2.75) is 29.8 Å². The summed E-state index contributed by atoms with van der Waals surface area (Å²) in [4.78, 5) is 0. The molecule has 0 bridgehead atoms. The van der Waals surface area contributed by atoms with Gasteiger partial charge in [0.2, 0.25) is 0 Å². The van der Waals surface area contributed by atoms with Crippen molar-refractivity contribution in [3.05, 3.63) is 126 Å². The summed E-state index contributed by atoms with van der Waals surface area (Å²) in [5, 5.41) is 4.11. The van der Waals surface area contributed by atoms with Gasteiger partial charge in [-0.3, -0.25) is 0 Å². The maximum absolute atomic E-state index is 7.38. The molecule has 1 saturated heterocycles. The summed E-state index contributed by atoms with van der Waals surface area (Å²) >= 11 is 0.471. The Morgan fingerprint density at radius 1 is 0.697 bits per heavy atom. The van der Waals surface area contributed by atoms with Crippen LogP contribution >= 0.6 is 0 Å². The van der Waals surface area contributed by atoms with E-state index in [2.05, 4.69) is 115 Å². The van der Waals surface area contributed by atoms with Crippen LogP contribution in [0.2, 0.25) is 11.4 Å². The van der Waals surface area contributed by atoms with Crippen molar-refractivity contribution >= 4 is 38.1 Å². The normalized spacial score (nSPS) is 23.0. The van der Waals surface area contributed by atoms with Gasteiger partial charge in [0.1, 0.15) is 0 Å². The predicted octanol–water partition coefficient (Wildman–Crippen LogP) is 4.55. The van der Waals surface area contributed by atoms with Gasteiger partial charge in [0.15, 0.2) is 0 Å². The third-order valence-corrected chi connectivity index (χ3v) is 14.2. The summed E-state index contributed by atoms with van der Waals surface area (Å²) in [7, 11) is -2.35. The summed E-state index contributed by atoms with van der Waals surface area (Å²) < 4.78 is 8.89. The van der Waals surface area contributed by atoms with Gasteiger partial charge in [-0.25, -0.2) is 0 Å². The Bertz CT molecular complexity index is 1170. The first kappa shape index (κ1) is 21.1. The van der Waals surface area contributed by atoms with Gasteiger partial charge >= 0.3 is 205 Å². The molecule has 0 amide bonds. The van der Waals surface area contributed by atoms with Crippen LogP contribution in [0.4, 0.5) is 0 Å². The van der Waals surface area contributed by atoms with E-state index in [4.69, 9.17) is 4.43 Å². The van der Waals surface area contributed by atoms with E-state index in [0.717, 1.165) is 12.5 Å².